The van der Waals surface area contributed by atoms with E-state index in [0.29, 0.717) is 19.7 Å². The summed E-state index contributed by atoms with van der Waals surface area (Å²) in [5, 5.41) is 12.2. The van der Waals surface area contributed by atoms with Gasteiger partial charge in [0.25, 0.3) is 5.91 Å². The van der Waals surface area contributed by atoms with Crippen LogP contribution in [0, 0.1) is 3.57 Å². The average Bonchev–Trinajstić information content (AvgIpc) is 2.47. The van der Waals surface area contributed by atoms with Gasteiger partial charge in [-0.15, -0.1) is 0 Å². The van der Waals surface area contributed by atoms with Crippen LogP contribution < -0.4 is 5.32 Å². The standard InChI is InChI=1S/C15H11ClINO3/c16-10-6-7-12(17)11(8-10)14(19)18-13(15(20)21)9-4-2-1-3-5-9/h1-8,13H,(H,18,19)(H,20,21)/t13-/m1/s1. The summed E-state index contributed by atoms with van der Waals surface area (Å²) in [6.45, 7) is 0. The van der Waals surface area contributed by atoms with Crippen molar-refractivity contribution in [3.8, 4) is 0 Å². The van der Waals surface area contributed by atoms with E-state index in [1.54, 1.807) is 42.5 Å². The first kappa shape index (κ1) is 15.8. The number of carboxylic acid groups (broad SMARTS) is 1. The summed E-state index contributed by atoms with van der Waals surface area (Å²) in [4.78, 5) is 23.6. The minimum Gasteiger partial charge on any atom is -0.479 e. The van der Waals surface area contributed by atoms with Gasteiger partial charge in [0, 0.05) is 8.59 Å². The topological polar surface area (TPSA) is 66.4 Å². The molecule has 21 heavy (non-hydrogen) atoms. The van der Waals surface area contributed by atoms with Crippen LogP contribution in [0.5, 0.6) is 0 Å². The largest absolute Gasteiger partial charge is 0.479 e. The predicted octanol–water partition coefficient (Wildman–Crippen LogP) is 3.50. The highest BCUT2D eigenvalue weighted by molar-refractivity contribution is 14.1. The van der Waals surface area contributed by atoms with Crippen molar-refractivity contribution in [3.05, 3.63) is 68.3 Å². The Kier molecular flexibility index (Phi) is 5.19. The Hall–Kier alpha value is -1.60. The molecule has 0 radical (unpaired) electrons. The number of halogens is 2. The van der Waals surface area contributed by atoms with Crippen LogP contribution in [0.15, 0.2) is 48.5 Å². The normalized spacial score (nSPS) is 11.7. The van der Waals surface area contributed by atoms with E-state index in [9.17, 15) is 14.7 Å². The fourth-order valence-electron chi connectivity index (χ4n) is 1.81. The molecule has 0 saturated heterocycles. The highest BCUT2D eigenvalue weighted by atomic mass is 127. The molecule has 0 aliphatic rings. The average molecular weight is 416 g/mol. The van der Waals surface area contributed by atoms with Crippen molar-refractivity contribution in [1.82, 2.24) is 5.32 Å². The molecule has 1 amide bonds. The van der Waals surface area contributed by atoms with Gasteiger partial charge < -0.3 is 10.4 Å². The molecule has 0 bridgehead atoms. The molecule has 108 valence electrons. The molecule has 1 atom stereocenters. The lowest BCUT2D eigenvalue weighted by Gasteiger charge is -2.15. The van der Waals surface area contributed by atoms with Gasteiger partial charge in [-0.25, -0.2) is 4.79 Å². The van der Waals surface area contributed by atoms with Crippen LogP contribution in [0.4, 0.5) is 0 Å². The minimum atomic E-state index is -1.12. The van der Waals surface area contributed by atoms with E-state index in [0.717, 1.165) is 0 Å². The molecule has 0 aromatic heterocycles. The zero-order valence-electron chi connectivity index (χ0n) is 10.7. The van der Waals surface area contributed by atoms with Crippen LogP contribution in [0.25, 0.3) is 0 Å². The third-order valence-corrected chi connectivity index (χ3v) is 4.00. The molecule has 2 aromatic rings. The Morgan fingerprint density at radius 3 is 2.43 bits per heavy atom. The monoisotopic (exact) mass is 415 g/mol. The second-order valence-electron chi connectivity index (χ2n) is 4.28. The van der Waals surface area contributed by atoms with Gasteiger partial charge in [-0.3, -0.25) is 4.79 Å². The van der Waals surface area contributed by atoms with Gasteiger partial charge >= 0.3 is 5.97 Å². The van der Waals surface area contributed by atoms with Crippen LogP contribution in [0.1, 0.15) is 22.0 Å². The summed E-state index contributed by atoms with van der Waals surface area (Å²) in [5.74, 6) is -1.59. The molecule has 0 unspecified atom stereocenters. The Morgan fingerprint density at radius 1 is 1.14 bits per heavy atom. The number of hydrogen-bond donors (Lipinski definition) is 2. The van der Waals surface area contributed by atoms with Crippen molar-refractivity contribution in [2.45, 2.75) is 6.04 Å². The molecule has 6 heteroatoms. The second kappa shape index (κ2) is 6.91. The van der Waals surface area contributed by atoms with E-state index in [1.165, 1.54) is 6.07 Å². The van der Waals surface area contributed by atoms with Crippen molar-refractivity contribution in [1.29, 1.82) is 0 Å². The van der Waals surface area contributed by atoms with Crippen molar-refractivity contribution >= 4 is 46.1 Å². The molecule has 2 N–H and O–H groups in total. The number of carbonyl (C=O) groups excluding carboxylic acids is 1. The fraction of sp³-hybridized carbons (Fsp3) is 0.0667. The van der Waals surface area contributed by atoms with Crippen LogP contribution in [-0.4, -0.2) is 17.0 Å². The lowest BCUT2D eigenvalue weighted by molar-refractivity contribution is -0.139. The zero-order valence-corrected chi connectivity index (χ0v) is 13.6. The summed E-state index contributed by atoms with van der Waals surface area (Å²) in [6, 6.07) is 12.3. The van der Waals surface area contributed by atoms with Gasteiger partial charge in [0.15, 0.2) is 6.04 Å². The SMILES string of the molecule is O=C(N[C@@H](C(=O)O)c1ccccc1)c1cc(Cl)ccc1I. The molecule has 0 fully saturated rings. The van der Waals surface area contributed by atoms with Gasteiger partial charge in [-0.2, -0.15) is 0 Å². The van der Waals surface area contributed by atoms with E-state index in [2.05, 4.69) is 5.32 Å². The Balaban J connectivity index is 2.27. The van der Waals surface area contributed by atoms with E-state index in [-0.39, 0.29) is 0 Å². The minimum absolute atomic E-state index is 0.352. The molecule has 0 saturated carbocycles. The first-order valence-electron chi connectivity index (χ1n) is 6.02. The van der Waals surface area contributed by atoms with Crippen molar-refractivity contribution in [3.63, 3.8) is 0 Å². The van der Waals surface area contributed by atoms with E-state index < -0.39 is 17.9 Å². The molecule has 4 nitrogen and oxygen atoms in total. The number of carbonyl (C=O) groups is 2. The number of rotatable bonds is 4. The Morgan fingerprint density at radius 2 is 1.81 bits per heavy atom. The van der Waals surface area contributed by atoms with Crippen LogP contribution >= 0.6 is 34.2 Å². The quantitative estimate of drug-likeness (QED) is 0.751. The van der Waals surface area contributed by atoms with E-state index in [4.69, 9.17) is 11.6 Å². The first-order valence-corrected chi connectivity index (χ1v) is 7.48. The number of nitrogens with one attached hydrogen (secondary N) is 1. The molecular formula is C15H11ClINO3. The lowest BCUT2D eigenvalue weighted by Crippen LogP contribution is -2.34. The highest BCUT2D eigenvalue weighted by Gasteiger charge is 2.23. The summed E-state index contributed by atoms with van der Waals surface area (Å²) >= 11 is 7.88. The van der Waals surface area contributed by atoms with Gasteiger partial charge in [0.1, 0.15) is 0 Å². The van der Waals surface area contributed by atoms with Crippen LogP contribution in [0.2, 0.25) is 5.02 Å². The number of hydrogen-bond acceptors (Lipinski definition) is 2. The van der Waals surface area contributed by atoms with Crippen molar-refractivity contribution < 1.29 is 14.7 Å². The molecule has 0 spiro atoms. The molecule has 2 rings (SSSR count). The van der Waals surface area contributed by atoms with E-state index >= 15 is 0 Å². The molecule has 0 aliphatic heterocycles. The Labute approximate surface area is 140 Å². The molecule has 0 heterocycles. The third-order valence-electron chi connectivity index (χ3n) is 2.83. The lowest BCUT2D eigenvalue weighted by atomic mass is 10.1. The summed E-state index contributed by atoms with van der Waals surface area (Å²) in [6.07, 6.45) is 0. The van der Waals surface area contributed by atoms with Gasteiger partial charge in [0.2, 0.25) is 0 Å². The maximum Gasteiger partial charge on any atom is 0.330 e. The van der Waals surface area contributed by atoms with Gasteiger partial charge in [-0.05, 0) is 46.4 Å². The Bertz CT molecular complexity index is 676. The fourth-order valence-corrected chi connectivity index (χ4v) is 2.57. The van der Waals surface area contributed by atoms with Crippen LogP contribution in [-0.2, 0) is 4.79 Å². The molecule has 0 aliphatic carbocycles. The number of benzene rings is 2. The summed E-state index contributed by atoms with van der Waals surface area (Å²) in [5.41, 5.74) is 0.862. The summed E-state index contributed by atoms with van der Waals surface area (Å²) < 4.78 is 0.701. The maximum absolute atomic E-state index is 12.3. The maximum atomic E-state index is 12.3. The number of carboxylic acids is 1. The predicted molar refractivity (Wildman–Crippen MR) is 88.5 cm³/mol. The van der Waals surface area contributed by atoms with Gasteiger partial charge in [0.05, 0.1) is 5.56 Å². The smallest absolute Gasteiger partial charge is 0.330 e. The number of amides is 1. The summed E-state index contributed by atoms with van der Waals surface area (Å²) in [7, 11) is 0. The number of aliphatic carboxylic acids is 1. The second-order valence-corrected chi connectivity index (χ2v) is 5.88. The van der Waals surface area contributed by atoms with Crippen molar-refractivity contribution in [2.75, 3.05) is 0 Å². The van der Waals surface area contributed by atoms with Crippen LogP contribution in [0.3, 0.4) is 0 Å². The molecular weight excluding hydrogens is 405 g/mol. The van der Waals surface area contributed by atoms with E-state index in [1.807, 2.05) is 22.6 Å². The first-order chi connectivity index (χ1) is 9.99. The van der Waals surface area contributed by atoms with Crippen molar-refractivity contribution in [2.24, 2.45) is 0 Å². The molecule has 2 aromatic carbocycles. The highest BCUT2D eigenvalue weighted by Crippen LogP contribution is 2.20. The zero-order chi connectivity index (χ0) is 15.4. The van der Waals surface area contributed by atoms with Gasteiger partial charge in [-0.1, -0.05) is 41.9 Å². The third kappa shape index (κ3) is 3.95.